The smallest absolute Gasteiger partial charge is 0.228 e. The van der Waals surface area contributed by atoms with Crippen LogP contribution >= 0.6 is 0 Å². The molecule has 11 heteroatoms. The number of carbonyl (C=O) groups excluding carboxylic acids is 1. The van der Waals surface area contributed by atoms with Gasteiger partial charge < -0.3 is 50.8 Å². The maximum absolute atomic E-state index is 12.7. The second kappa shape index (κ2) is 13.1. The zero-order valence-corrected chi connectivity index (χ0v) is 22.2. The van der Waals surface area contributed by atoms with E-state index in [9.17, 15) is 30.3 Å². The van der Waals surface area contributed by atoms with Gasteiger partial charge in [0.2, 0.25) is 5.91 Å². The highest BCUT2D eigenvalue weighted by atomic mass is 16.7. The van der Waals surface area contributed by atoms with E-state index in [2.05, 4.69) is 5.32 Å². The molecule has 1 amide bonds. The monoisotopic (exact) mass is 518 g/mol. The van der Waals surface area contributed by atoms with Crippen LogP contribution in [-0.4, -0.2) is 99.3 Å². The number of hydrogen-bond acceptors (Lipinski definition) is 10. The normalized spacial score (nSPS) is 39.5. The van der Waals surface area contributed by atoms with E-state index < -0.39 is 72.7 Å². The molecule has 2 heterocycles. The summed E-state index contributed by atoms with van der Waals surface area (Å²) < 4.78 is 17.7. The lowest BCUT2D eigenvalue weighted by Crippen LogP contribution is -2.62. The van der Waals surface area contributed by atoms with Crippen LogP contribution in [-0.2, 0) is 19.0 Å². The standard InChI is InChI=1S/C25H46N2O9/c1-12(2)7-8-15(35-24-22(31)20(26)21(30)14(5)34-24)9-18-19(23(32)27-6)17(29)11-25(33,36-18)10-16(28)13(3)4/h7-8,12-22,24,28-31,33H,9-11,26H2,1-6H3,(H,27,32)/b8-7+/t14?,15-,16+,17-,18-,19+,20?,21?,22?,24?,25+/m0/s1. The predicted octanol–water partition coefficient (Wildman–Crippen LogP) is -0.625. The number of nitrogens with one attached hydrogen (secondary N) is 1. The van der Waals surface area contributed by atoms with Crippen LogP contribution in [0.2, 0.25) is 0 Å². The Labute approximate surface area is 213 Å². The summed E-state index contributed by atoms with van der Waals surface area (Å²) in [5, 5.41) is 55.6. The molecule has 11 atom stereocenters. The summed E-state index contributed by atoms with van der Waals surface area (Å²) in [5.41, 5.74) is 5.94. The number of amides is 1. The summed E-state index contributed by atoms with van der Waals surface area (Å²) in [5.74, 6) is -3.32. The van der Waals surface area contributed by atoms with Crippen LogP contribution in [0.15, 0.2) is 12.2 Å². The van der Waals surface area contributed by atoms with Crippen molar-refractivity contribution in [2.45, 2.75) is 115 Å². The first-order valence-corrected chi connectivity index (χ1v) is 12.8. The first-order chi connectivity index (χ1) is 16.7. The quantitative estimate of drug-likeness (QED) is 0.184. The van der Waals surface area contributed by atoms with Crippen molar-refractivity contribution in [3.63, 3.8) is 0 Å². The van der Waals surface area contributed by atoms with Crippen LogP contribution in [0.25, 0.3) is 0 Å². The van der Waals surface area contributed by atoms with E-state index in [4.69, 9.17) is 19.9 Å². The van der Waals surface area contributed by atoms with Gasteiger partial charge >= 0.3 is 0 Å². The number of aliphatic hydroxyl groups is 5. The maximum Gasteiger partial charge on any atom is 0.228 e. The summed E-state index contributed by atoms with van der Waals surface area (Å²) in [6.07, 6.45) is -4.82. The fourth-order valence-corrected chi connectivity index (χ4v) is 4.61. The summed E-state index contributed by atoms with van der Waals surface area (Å²) >= 11 is 0. The molecule has 2 aliphatic heterocycles. The molecule has 2 aliphatic rings. The fourth-order valence-electron chi connectivity index (χ4n) is 4.61. The van der Waals surface area contributed by atoms with Gasteiger partial charge in [0, 0.05) is 26.3 Å². The molecule has 2 fully saturated rings. The Morgan fingerprint density at radius 1 is 1.19 bits per heavy atom. The third-order valence-corrected chi connectivity index (χ3v) is 6.94. The highest BCUT2D eigenvalue weighted by molar-refractivity contribution is 5.79. The van der Waals surface area contributed by atoms with Crippen LogP contribution in [0.4, 0.5) is 0 Å². The number of hydrogen-bond donors (Lipinski definition) is 7. The number of aliphatic hydroxyl groups excluding tert-OH is 4. The van der Waals surface area contributed by atoms with Crippen molar-refractivity contribution in [2.75, 3.05) is 7.05 Å². The van der Waals surface area contributed by atoms with Crippen molar-refractivity contribution in [1.29, 1.82) is 0 Å². The Bertz CT molecular complexity index is 736. The molecule has 0 spiro atoms. The Morgan fingerprint density at radius 3 is 2.39 bits per heavy atom. The minimum absolute atomic E-state index is 0.0250. The Hall–Kier alpha value is -1.15. The van der Waals surface area contributed by atoms with Crippen LogP contribution in [0.1, 0.15) is 53.9 Å². The van der Waals surface area contributed by atoms with Gasteiger partial charge in [0.25, 0.3) is 0 Å². The Kier molecular flexibility index (Phi) is 11.3. The highest BCUT2D eigenvalue weighted by Crippen LogP contribution is 2.38. The second-order valence-electron chi connectivity index (χ2n) is 10.8. The molecule has 0 bridgehead atoms. The first kappa shape index (κ1) is 31.1. The van der Waals surface area contributed by atoms with Crippen molar-refractivity contribution in [1.82, 2.24) is 5.32 Å². The molecular weight excluding hydrogens is 472 g/mol. The topological polar surface area (TPSA) is 184 Å². The van der Waals surface area contributed by atoms with Crippen molar-refractivity contribution in [2.24, 2.45) is 23.5 Å². The van der Waals surface area contributed by atoms with E-state index in [0.717, 1.165) is 0 Å². The van der Waals surface area contributed by atoms with Gasteiger partial charge in [-0.1, -0.05) is 39.8 Å². The van der Waals surface area contributed by atoms with E-state index in [1.165, 1.54) is 7.05 Å². The largest absolute Gasteiger partial charge is 0.393 e. The summed E-state index contributed by atoms with van der Waals surface area (Å²) in [4.78, 5) is 12.7. The number of nitrogens with two attached hydrogens (primary N) is 1. The van der Waals surface area contributed by atoms with Gasteiger partial charge in [-0.3, -0.25) is 4.79 Å². The molecule has 0 aliphatic carbocycles. The first-order valence-electron chi connectivity index (χ1n) is 12.8. The lowest BCUT2D eigenvalue weighted by molar-refractivity contribution is -0.307. The zero-order valence-electron chi connectivity index (χ0n) is 22.2. The van der Waals surface area contributed by atoms with Gasteiger partial charge in [-0.05, 0) is 18.8 Å². The molecule has 11 nitrogen and oxygen atoms in total. The van der Waals surface area contributed by atoms with Crippen molar-refractivity contribution >= 4 is 5.91 Å². The molecule has 0 radical (unpaired) electrons. The predicted molar refractivity (Wildman–Crippen MR) is 131 cm³/mol. The van der Waals surface area contributed by atoms with Gasteiger partial charge in [0.15, 0.2) is 12.1 Å². The van der Waals surface area contributed by atoms with Gasteiger partial charge in [0.05, 0.1) is 48.6 Å². The van der Waals surface area contributed by atoms with E-state index in [1.807, 2.05) is 19.9 Å². The van der Waals surface area contributed by atoms with Crippen LogP contribution in [0, 0.1) is 17.8 Å². The van der Waals surface area contributed by atoms with E-state index in [1.54, 1.807) is 26.8 Å². The van der Waals surface area contributed by atoms with E-state index in [-0.39, 0.29) is 31.1 Å². The van der Waals surface area contributed by atoms with Gasteiger partial charge in [0.1, 0.15) is 6.10 Å². The molecular formula is C25H46N2O9. The molecule has 210 valence electrons. The molecule has 2 saturated heterocycles. The van der Waals surface area contributed by atoms with E-state index in [0.29, 0.717) is 0 Å². The number of ether oxygens (including phenoxy) is 3. The summed E-state index contributed by atoms with van der Waals surface area (Å²) in [7, 11) is 1.45. The molecule has 36 heavy (non-hydrogen) atoms. The average Bonchev–Trinajstić information content (AvgIpc) is 2.78. The van der Waals surface area contributed by atoms with Crippen LogP contribution in [0.5, 0.6) is 0 Å². The van der Waals surface area contributed by atoms with Crippen LogP contribution < -0.4 is 11.1 Å². The minimum atomic E-state index is -1.85. The number of rotatable bonds is 10. The Morgan fingerprint density at radius 2 is 1.83 bits per heavy atom. The van der Waals surface area contributed by atoms with Crippen molar-refractivity contribution in [3.05, 3.63) is 12.2 Å². The fraction of sp³-hybridized carbons (Fsp3) is 0.880. The van der Waals surface area contributed by atoms with E-state index >= 15 is 0 Å². The number of allylic oxidation sites excluding steroid dienone is 1. The highest BCUT2D eigenvalue weighted by Gasteiger charge is 2.50. The average molecular weight is 519 g/mol. The maximum atomic E-state index is 12.7. The van der Waals surface area contributed by atoms with Gasteiger partial charge in [-0.25, -0.2) is 0 Å². The SMILES string of the molecule is CNC(=O)[C@H]1[C@H](C[C@H](/C=C/C(C)C)OC2OC(C)C(O)C(N)C2O)O[C@](O)(C[C@@H](O)C(C)C)C[C@@H]1O. The van der Waals surface area contributed by atoms with Gasteiger partial charge in [-0.15, -0.1) is 0 Å². The molecule has 2 rings (SSSR count). The third-order valence-electron chi connectivity index (χ3n) is 6.94. The van der Waals surface area contributed by atoms with Crippen molar-refractivity contribution in [3.8, 4) is 0 Å². The molecule has 0 aromatic rings. The van der Waals surface area contributed by atoms with Crippen molar-refractivity contribution < 1.29 is 44.5 Å². The van der Waals surface area contributed by atoms with Crippen LogP contribution in [0.3, 0.4) is 0 Å². The molecule has 8 N–H and O–H groups in total. The van der Waals surface area contributed by atoms with Gasteiger partial charge in [-0.2, -0.15) is 0 Å². The third kappa shape index (κ3) is 7.92. The molecule has 0 aromatic carbocycles. The zero-order chi connectivity index (χ0) is 27.4. The lowest BCUT2D eigenvalue weighted by Gasteiger charge is -2.46. The second-order valence-corrected chi connectivity index (χ2v) is 10.8. The molecule has 5 unspecified atom stereocenters. The minimum Gasteiger partial charge on any atom is -0.393 e. The summed E-state index contributed by atoms with van der Waals surface area (Å²) in [6, 6.07) is -0.984. The summed E-state index contributed by atoms with van der Waals surface area (Å²) in [6.45, 7) is 9.16. The Balaban J connectivity index is 2.32. The number of carbonyl (C=O) groups is 1. The molecule has 0 saturated carbocycles. The lowest BCUT2D eigenvalue weighted by atomic mass is 9.82. The molecule has 0 aromatic heterocycles.